The van der Waals surface area contributed by atoms with Crippen molar-refractivity contribution in [3.63, 3.8) is 0 Å². The molecule has 2 aromatic heterocycles. The summed E-state index contributed by atoms with van der Waals surface area (Å²) >= 11 is 1.35. The van der Waals surface area contributed by atoms with Crippen LogP contribution < -0.4 is 5.32 Å². The van der Waals surface area contributed by atoms with Gasteiger partial charge in [-0.2, -0.15) is 0 Å². The van der Waals surface area contributed by atoms with Gasteiger partial charge in [-0.15, -0.1) is 10.2 Å². The van der Waals surface area contributed by atoms with Crippen molar-refractivity contribution >= 4 is 11.5 Å². The van der Waals surface area contributed by atoms with Gasteiger partial charge in [0, 0.05) is 10.9 Å². The third kappa shape index (κ3) is 3.40. The first-order valence-corrected chi connectivity index (χ1v) is 7.51. The second kappa shape index (κ2) is 5.21. The van der Waals surface area contributed by atoms with Gasteiger partial charge in [0.05, 0.1) is 23.5 Å². The molecule has 2 heterocycles. The molecule has 20 heavy (non-hydrogen) atoms. The van der Waals surface area contributed by atoms with E-state index < -0.39 is 0 Å². The topological polar surface area (TPSA) is 68.5 Å². The maximum Gasteiger partial charge on any atom is 0.102 e. The fraction of sp³-hybridized carbons (Fsp3) is 0.692. The Morgan fingerprint density at radius 1 is 1.20 bits per heavy atom. The Balaban J connectivity index is 2.20. The van der Waals surface area contributed by atoms with Gasteiger partial charge in [0.15, 0.2) is 0 Å². The smallest absolute Gasteiger partial charge is 0.102 e. The van der Waals surface area contributed by atoms with E-state index in [4.69, 9.17) is 0 Å². The average Bonchev–Trinajstić information content (AvgIpc) is 2.97. The van der Waals surface area contributed by atoms with Crippen molar-refractivity contribution in [2.24, 2.45) is 0 Å². The first kappa shape index (κ1) is 15.1. The molecular weight excluding hydrogens is 272 g/mol. The predicted molar refractivity (Wildman–Crippen MR) is 79.7 cm³/mol. The number of nitrogens with one attached hydrogen (secondary N) is 1. The van der Waals surface area contributed by atoms with Gasteiger partial charge in [-0.3, -0.25) is 0 Å². The Morgan fingerprint density at radius 3 is 2.45 bits per heavy atom. The highest BCUT2D eigenvalue weighted by Crippen LogP contribution is 2.23. The molecule has 0 radical (unpaired) electrons. The zero-order valence-electron chi connectivity index (χ0n) is 12.9. The molecule has 0 spiro atoms. The number of aromatic nitrogens is 5. The van der Waals surface area contributed by atoms with Crippen LogP contribution in [0.2, 0.25) is 0 Å². The minimum atomic E-state index is -0.240. The summed E-state index contributed by atoms with van der Waals surface area (Å²) in [5.41, 5.74) is 1.60. The van der Waals surface area contributed by atoms with E-state index in [2.05, 4.69) is 59.8 Å². The summed E-state index contributed by atoms with van der Waals surface area (Å²) in [6.07, 6.45) is 1.97. The molecule has 0 aliphatic heterocycles. The molecule has 0 saturated heterocycles. The number of hydrogen-bond acceptors (Lipinski definition) is 6. The van der Waals surface area contributed by atoms with Crippen LogP contribution in [0.4, 0.5) is 0 Å². The standard InChI is InChI=1S/C13H22N6S/c1-9(10-8-20-18-14-10)19-7-11(15-17-19)13(5,6)16-12(2,3)4/h7-9,16H,1-6H3. The summed E-state index contributed by atoms with van der Waals surface area (Å²) < 4.78 is 5.72. The van der Waals surface area contributed by atoms with Crippen LogP contribution in [0.3, 0.4) is 0 Å². The summed E-state index contributed by atoms with van der Waals surface area (Å²) in [4.78, 5) is 0. The zero-order chi connectivity index (χ0) is 15.0. The first-order valence-electron chi connectivity index (χ1n) is 6.68. The quantitative estimate of drug-likeness (QED) is 0.937. The second-order valence-electron chi connectivity index (χ2n) is 6.59. The van der Waals surface area contributed by atoms with Crippen LogP contribution in [0, 0.1) is 0 Å². The molecule has 1 atom stereocenters. The highest BCUT2D eigenvalue weighted by atomic mass is 32.1. The van der Waals surface area contributed by atoms with Crippen LogP contribution >= 0.6 is 11.5 Å². The lowest BCUT2D eigenvalue weighted by atomic mass is 9.96. The summed E-state index contributed by atoms with van der Waals surface area (Å²) in [5, 5.41) is 18.1. The molecule has 0 aliphatic rings. The van der Waals surface area contributed by atoms with Gasteiger partial charge in [0.2, 0.25) is 0 Å². The lowest BCUT2D eigenvalue weighted by Gasteiger charge is -2.33. The molecule has 6 nitrogen and oxygen atoms in total. The molecule has 0 bridgehead atoms. The van der Waals surface area contributed by atoms with Crippen molar-refractivity contribution in [2.45, 2.75) is 58.7 Å². The van der Waals surface area contributed by atoms with Crippen LogP contribution in [0.5, 0.6) is 0 Å². The first-order chi connectivity index (χ1) is 9.19. The highest BCUT2D eigenvalue weighted by molar-refractivity contribution is 7.03. The minimum Gasteiger partial charge on any atom is -0.302 e. The monoisotopic (exact) mass is 294 g/mol. The third-order valence-electron chi connectivity index (χ3n) is 3.04. The van der Waals surface area contributed by atoms with Crippen LogP contribution in [0.25, 0.3) is 0 Å². The summed E-state index contributed by atoms with van der Waals surface area (Å²) in [5.74, 6) is 0. The van der Waals surface area contributed by atoms with E-state index in [9.17, 15) is 0 Å². The van der Waals surface area contributed by atoms with Gasteiger partial charge in [0.25, 0.3) is 0 Å². The molecule has 2 rings (SSSR count). The van der Waals surface area contributed by atoms with Crippen LogP contribution in [-0.4, -0.2) is 30.1 Å². The van der Waals surface area contributed by atoms with E-state index in [0.29, 0.717) is 0 Å². The molecule has 7 heteroatoms. The Kier molecular flexibility index (Phi) is 3.93. The van der Waals surface area contributed by atoms with E-state index in [0.717, 1.165) is 11.4 Å². The lowest BCUT2D eigenvalue weighted by Crippen LogP contribution is -2.48. The molecule has 1 N–H and O–H groups in total. The van der Waals surface area contributed by atoms with Crippen molar-refractivity contribution in [1.29, 1.82) is 0 Å². The van der Waals surface area contributed by atoms with E-state index in [1.165, 1.54) is 11.5 Å². The number of hydrogen-bond donors (Lipinski definition) is 1. The zero-order valence-corrected chi connectivity index (χ0v) is 13.7. The lowest BCUT2D eigenvalue weighted by molar-refractivity contribution is 0.280. The van der Waals surface area contributed by atoms with Crippen molar-refractivity contribution in [2.75, 3.05) is 0 Å². The van der Waals surface area contributed by atoms with E-state index >= 15 is 0 Å². The normalized spacial score (nSPS) is 14.5. The van der Waals surface area contributed by atoms with Crippen molar-refractivity contribution in [3.8, 4) is 0 Å². The van der Waals surface area contributed by atoms with E-state index in [1.54, 1.807) is 0 Å². The fourth-order valence-electron chi connectivity index (χ4n) is 2.24. The third-order valence-corrected chi connectivity index (χ3v) is 3.56. The van der Waals surface area contributed by atoms with E-state index in [1.807, 2.05) is 23.2 Å². The Bertz CT molecular complexity index is 552. The Hall–Kier alpha value is -1.34. The maximum absolute atomic E-state index is 4.31. The molecule has 0 amide bonds. The Labute approximate surface area is 123 Å². The van der Waals surface area contributed by atoms with Gasteiger partial charge in [-0.05, 0) is 53.1 Å². The summed E-state index contributed by atoms with van der Waals surface area (Å²) in [6.45, 7) is 12.7. The predicted octanol–water partition coefficient (Wildman–Crippen LogP) is 2.36. The minimum absolute atomic E-state index is 0.0116. The second-order valence-corrected chi connectivity index (χ2v) is 7.20. The molecule has 1 unspecified atom stereocenters. The van der Waals surface area contributed by atoms with Gasteiger partial charge >= 0.3 is 0 Å². The summed E-state index contributed by atoms with van der Waals surface area (Å²) in [7, 11) is 0. The van der Waals surface area contributed by atoms with Gasteiger partial charge in [-0.25, -0.2) is 4.68 Å². The number of rotatable bonds is 4. The molecule has 2 aromatic rings. The van der Waals surface area contributed by atoms with E-state index in [-0.39, 0.29) is 17.1 Å². The van der Waals surface area contributed by atoms with Crippen molar-refractivity contribution in [1.82, 2.24) is 29.9 Å². The van der Waals surface area contributed by atoms with Crippen molar-refractivity contribution in [3.05, 3.63) is 23.0 Å². The largest absolute Gasteiger partial charge is 0.302 e. The highest BCUT2D eigenvalue weighted by Gasteiger charge is 2.29. The SMILES string of the molecule is CC(c1csnn1)n1cc(C(C)(C)NC(C)(C)C)nn1. The van der Waals surface area contributed by atoms with Crippen LogP contribution in [0.1, 0.15) is 59.0 Å². The van der Waals surface area contributed by atoms with Gasteiger partial charge in [0.1, 0.15) is 5.69 Å². The molecule has 0 aliphatic carbocycles. The maximum atomic E-state index is 4.31. The average molecular weight is 294 g/mol. The van der Waals surface area contributed by atoms with Gasteiger partial charge in [-0.1, -0.05) is 9.70 Å². The summed E-state index contributed by atoms with van der Waals surface area (Å²) in [6, 6.07) is 0.0421. The van der Waals surface area contributed by atoms with Crippen LogP contribution in [0.15, 0.2) is 11.6 Å². The number of nitrogens with zero attached hydrogens (tertiary/aromatic N) is 5. The Morgan fingerprint density at radius 2 is 1.90 bits per heavy atom. The fourth-order valence-corrected chi connectivity index (χ4v) is 2.78. The van der Waals surface area contributed by atoms with Crippen molar-refractivity contribution < 1.29 is 0 Å². The molecule has 110 valence electrons. The molecular formula is C13H22N6S. The molecule has 0 aromatic carbocycles. The van der Waals surface area contributed by atoms with Gasteiger partial charge < -0.3 is 5.32 Å². The molecule has 0 fully saturated rings. The molecule has 0 saturated carbocycles. The van der Waals surface area contributed by atoms with Crippen LogP contribution in [-0.2, 0) is 5.54 Å².